The average Bonchev–Trinajstić information content (AvgIpc) is 2.98. The van der Waals surface area contributed by atoms with Gasteiger partial charge in [0, 0.05) is 17.6 Å². The van der Waals surface area contributed by atoms with Crippen LogP contribution in [0.1, 0.15) is 38.0 Å². The van der Waals surface area contributed by atoms with Gasteiger partial charge in [-0.05, 0) is 12.8 Å². The first-order valence-electron chi connectivity index (χ1n) is 6.96. The molecule has 3 amide bonds. The maximum absolute atomic E-state index is 12.1. The second-order valence-electron chi connectivity index (χ2n) is 4.77. The van der Waals surface area contributed by atoms with Crippen molar-refractivity contribution < 1.29 is 9.59 Å². The minimum Gasteiger partial charge on any atom is -0.362 e. The summed E-state index contributed by atoms with van der Waals surface area (Å²) in [6.45, 7) is 5.25. The molecule has 20 heavy (non-hydrogen) atoms. The highest BCUT2D eigenvalue weighted by Gasteiger charge is 2.37. The Kier molecular flexibility index (Phi) is 4.94. The van der Waals surface area contributed by atoms with Crippen molar-refractivity contribution in [2.75, 3.05) is 11.9 Å². The number of hydrogen-bond acceptors (Lipinski definition) is 5. The van der Waals surface area contributed by atoms with Crippen molar-refractivity contribution in [2.45, 2.75) is 45.7 Å². The summed E-state index contributed by atoms with van der Waals surface area (Å²) < 4.78 is 0. The van der Waals surface area contributed by atoms with Crippen molar-refractivity contribution in [1.29, 1.82) is 0 Å². The van der Waals surface area contributed by atoms with E-state index in [4.69, 9.17) is 0 Å². The van der Waals surface area contributed by atoms with Crippen LogP contribution >= 0.6 is 11.3 Å². The molecule has 7 heteroatoms. The van der Waals surface area contributed by atoms with Crippen LogP contribution in [0.3, 0.4) is 0 Å². The summed E-state index contributed by atoms with van der Waals surface area (Å²) in [5.41, 5.74) is 0. The van der Waals surface area contributed by atoms with Crippen molar-refractivity contribution in [3.8, 4) is 0 Å². The molecule has 1 aromatic heterocycles. The van der Waals surface area contributed by atoms with Crippen LogP contribution in [0.15, 0.2) is 6.20 Å². The Morgan fingerprint density at radius 1 is 1.40 bits per heavy atom. The van der Waals surface area contributed by atoms with E-state index in [9.17, 15) is 9.59 Å². The smallest absolute Gasteiger partial charge is 0.325 e. The molecule has 2 rings (SSSR count). The molecule has 1 aromatic rings. The van der Waals surface area contributed by atoms with Gasteiger partial charge in [0.2, 0.25) is 0 Å². The highest BCUT2D eigenvalue weighted by molar-refractivity contribution is 7.15. The van der Waals surface area contributed by atoms with E-state index < -0.39 is 0 Å². The molecule has 110 valence electrons. The number of thiazole rings is 1. The molecule has 6 nitrogen and oxygen atoms in total. The van der Waals surface area contributed by atoms with Crippen LogP contribution in [0.5, 0.6) is 0 Å². The molecule has 0 bridgehead atoms. The van der Waals surface area contributed by atoms with Gasteiger partial charge in [-0.1, -0.05) is 20.3 Å². The van der Waals surface area contributed by atoms with E-state index in [1.807, 2.05) is 6.92 Å². The summed E-state index contributed by atoms with van der Waals surface area (Å²) in [6, 6.07) is -0.664. The molecule has 1 unspecified atom stereocenters. The van der Waals surface area contributed by atoms with Crippen LogP contribution in [-0.4, -0.2) is 34.4 Å². The third-order valence-corrected chi connectivity index (χ3v) is 4.02. The molecule has 1 aliphatic rings. The summed E-state index contributed by atoms with van der Waals surface area (Å²) in [5.74, 6) is -0.131. The highest BCUT2D eigenvalue weighted by Crippen LogP contribution is 2.22. The Bertz CT molecular complexity index is 488. The number of nitrogens with zero attached hydrogens (tertiary/aromatic N) is 2. The van der Waals surface area contributed by atoms with Gasteiger partial charge in [0.05, 0.1) is 6.54 Å². The number of hydrogen-bond donors (Lipinski definition) is 2. The summed E-state index contributed by atoms with van der Waals surface area (Å²) in [4.78, 5) is 30.3. The number of aromatic nitrogens is 1. The second-order valence-corrected chi connectivity index (χ2v) is 5.89. The number of carbonyl (C=O) groups is 2. The third-order valence-electron chi connectivity index (χ3n) is 3.08. The molecule has 0 spiro atoms. The molecule has 2 N–H and O–H groups in total. The van der Waals surface area contributed by atoms with Crippen molar-refractivity contribution in [2.24, 2.45) is 0 Å². The van der Waals surface area contributed by atoms with Crippen LogP contribution in [0, 0.1) is 0 Å². The second kappa shape index (κ2) is 6.69. The molecule has 1 saturated heterocycles. The minimum absolute atomic E-state index is 0.131. The zero-order valence-electron chi connectivity index (χ0n) is 11.8. The monoisotopic (exact) mass is 296 g/mol. The van der Waals surface area contributed by atoms with E-state index in [0.717, 1.165) is 29.4 Å². The molecular weight excluding hydrogens is 276 g/mol. The zero-order valence-corrected chi connectivity index (χ0v) is 12.6. The van der Waals surface area contributed by atoms with E-state index in [2.05, 4.69) is 22.5 Å². The van der Waals surface area contributed by atoms with Gasteiger partial charge in [0.25, 0.3) is 5.91 Å². The minimum atomic E-state index is -0.363. The van der Waals surface area contributed by atoms with Crippen LogP contribution in [-0.2, 0) is 11.3 Å². The Morgan fingerprint density at radius 3 is 2.90 bits per heavy atom. The quantitative estimate of drug-likeness (QED) is 0.756. The largest absolute Gasteiger partial charge is 0.362 e. The predicted octanol–water partition coefficient (Wildman–Crippen LogP) is 2.19. The molecule has 0 aromatic carbocycles. The van der Waals surface area contributed by atoms with E-state index >= 15 is 0 Å². The van der Waals surface area contributed by atoms with Gasteiger partial charge in [-0.25, -0.2) is 9.78 Å². The molecule has 1 atom stereocenters. The lowest BCUT2D eigenvalue weighted by Crippen LogP contribution is -2.30. The number of anilines is 1. The first-order valence-corrected chi connectivity index (χ1v) is 7.77. The highest BCUT2D eigenvalue weighted by atomic mass is 32.1. The van der Waals surface area contributed by atoms with Gasteiger partial charge in [-0.15, -0.1) is 11.3 Å². The Hall–Kier alpha value is -1.63. The van der Waals surface area contributed by atoms with Crippen molar-refractivity contribution in [3.05, 3.63) is 11.1 Å². The summed E-state index contributed by atoms with van der Waals surface area (Å²) >= 11 is 1.48. The molecule has 0 aliphatic carbocycles. The van der Waals surface area contributed by atoms with Crippen LogP contribution in [0.4, 0.5) is 9.93 Å². The average molecular weight is 296 g/mol. The third kappa shape index (κ3) is 3.27. The zero-order chi connectivity index (χ0) is 14.5. The number of imide groups is 1. The van der Waals surface area contributed by atoms with Gasteiger partial charge in [0.15, 0.2) is 5.13 Å². The maximum atomic E-state index is 12.1. The summed E-state index contributed by atoms with van der Waals surface area (Å²) in [5, 5.41) is 6.75. The van der Waals surface area contributed by atoms with Crippen molar-refractivity contribution in [3.63, 3.8) is 0 Å². The predicted molar refractivity (Wildman–Crippen MR) is 78.7 cm³/mol. The fourth-order valence-electron chi connectivity index (χ4n) is 2.06. The van der Waals surface area contributed by atoms with Crippen LogP contribution < -0.4 is 10.6 Å². The molecule has 0 radical (unpaired) electrons. The first kappa shape index (κ1) is 14.8. The normalized spacial score (nSPS) is 18.5. The fraction of sp³-hybridized carbons (Fsp3) is 0.615. The lowest BCUT2D eigenvalue weighted by Gasteiger charge is -2.10. The molecular formula is C13H20N4O2S. The molecule has 1 fully saturated rings. The number of rotatable bonds is 7. The SMILES string of the molecule is CCCNc1ncc(CN2C(=O)NC(CCC)C2=O)s1. The Balaban J connectivity index is 1.97. The van der Waals surface area contributed by atoms with E-state index in [-0.39, 0.29) is 18.0 Å². The Labute approximate surface area is 122 Å². The number of nitrogens with one attached hydrogen (secondary N) is 2. The lowest BCUT2D eigenvalue weighted by atomic mass is 10.2. The van der Waals surface area contributed by atoms with Gasteiger partial charge in [0.1, 0.15) is 6.04 Å². The first-order chi connectivity index (χ1) is 9.65. The maximum Gasteiger partial charge on any atom is 0.325 e. The van der Waals surface area contributed by atoms with E-state index in [0.29, 0.717) is 13.0 Å². The van der Waals surface area contributed by atoms with E-state index in [1.54, 1.807) is 6.20 Å². The summed E-state index contributed by atoms with van der Waals surface area (Å²) in [7, 11) is 0. The van der Waals surface area contributed by atoms with Crippen molar-refractivity contribution in [1.82, 2.24) is 15.2 Å². The van der Waals surface area contributed by atoms with Gasteiger partial charge in [-0.3, -0.25) is 9.69 Å². The molecule has 1 aliphatic heterocycles. The summed E-state index contributed by atoms with van der Waals surface area (Å²) in [6.07, 6.45) is 4.31. The standard InChI is InChI=1S/C13H20N4O2S/c1-3-5-10-11(18)17(13(19)16-10)8-9-7-15-12(20-9)14-6-4-2/h7,10H,3-6,8H2,1-2H3,(H,14,15)(H,16,19). The van der Waals surface area contributed by atoms with Gasteiger partial charge < -0.3 is 10.6 Å². The van der Waals surface area contributed by atoms with Gasteiger partial charge >= 0.3 is 6.03 Å². The van der Waals surface area contributed by atoms with Gasteiger partial charge in [-0.2, -0.15) is 0 Å². The Morgan fingerprint density at radius 2 is 2.20 bits per heavy atom. The molecule has 2 heterocycles. The van der Waals surface area contributed by atoms with Crippen LogP contribution in [0.2, 0.25) is 0 Å². The number of amides is 3. The van der Waals surface area contributed by atoms with Crippen LogP contribution in [0.25, 0.3) is 0 Å². The fourth-order valence-corrected chi connectivity index (χ4v) is 2.89. The number of carbonyl (C=O) groups excluding carboxylic acids is 2. The van der Waals surface area contributed by atoms with Crippen molar-refractivity contribution >= 4 is 28.4 Å². The topological polar surface area (TPSA) is 74.3 Å². The lowest BCUT2D eigenvalue weighted by molar-refractivity contribution is -0.127. The van der Waals surface area contributed by atoms with E-state index in [1.165, 1.54) is 16.2 Å². The number of urea groups is 1. The molecule has 0 saturated carbocycles.